The number of amides is 2. The highest BCUT2D eigenvalue weighted by atomic mass is 16.5. The molecule has 0 bridgehead atoms. The Labute approximate surface area is 125 Å². The summed E-state index contributed by atoms with van der Waals surface area (Å²) in [6.45, 7) is 5.60. The lowest BCUT2D eigenvalue weighted by molar-refractivity contribution is -0.137. The summed E-state index contributed by atoms with van der Waals surface area (Å²) < 4.78 is 5.39. The molecule has 0 aromatic carbocycles. The number of urea groups is 1. The van der Waals surface area contributed by atoms with Gasteiger partial charge in [-0.3, -0.25) is 4.79 Å². The average molecular weight is 298 g/mol. The van der Waals surface area contributed by atoms with Crippen LogP contribution in [0.4, 0.5) is 4.79 Å². The highest BCUT2D eigenvalue weighted by Gasteiger charge is 2.49. The normalized spacial score (nSPS) is 30.8. The molecule has 2 amide bonds. The number of hydrogen-bond acceptors (Lipinski definition) is 3. The molecule has 1 saturated heterocycles. The molecule has 120 valence electrons. The van der Waals surface area contributed by atoms with Crippen LogP contribution in [0.5, 0.6) is 0 Å². The predicted molar refractivity (Wildman–Crippen MR) is 78.1 cm³/mol. The van der Waals surface area contributed by atoms with E-state index in [-0.39, 0.29) is 30.0 Å². The first-order valence-corrected chi connectivity index (χ1v) is 7.64. The standard InChI is InChI=1S/C15H26N2O4/c1-15(2)11(8-12(15)21-3)16-14(20)17-7-6-10(9-17)4-5-13(18)19/h10-12H,4-9H2,1-3H3,(H,16,20)(H,18,19). The molecule has 1 aliphatic carbocycles. The van der Waals surface area contributed by atoms with Crippen LogP contribution >= 0.6 is 0 Å². The van der Waals surface area contributed by atoms with Gasteiger partial charge in [0.15, 0.2) is 0 Å². The Balaban J connectivity index is 1.76. The Hall–Kier alpha value is -1.30. The zero-order valence-corrected chi connectivity index (χ0v) is 13.1. The average Bonchev–Trinajstić information content (AvgIpc) is 2.89. The van der Waals surface area contributed by atoms with Crippen LogP contribution in [0.1, 0.15) is 39.5 Å². The highest BCUT2D eigenvalue weighted by molar-refractivity contribution is 5.75. The van der Waals surface area contributed by atoms with Gasteiger partial charge in [-0.05, 0) is 25.2 Å². The second-order valence-corrected chi connectivity index (χ2v) is 6.82. The Morgan fingerprint density at radius 2 is 2.14 bits per heavy atom. The molecular formula is C15H26N2O4. The van der Waals surface area contributed by atoms with E-state index in [1.165, 1.54) is 0 Å². The van der Waals surface area contributed by atoms with Crippen LogP contribution < -0.4 is 5.32 Å². The van der Waals surface area contributed by atoms with Crippen molar-refractivity contribution in [3.8, 4) is 0 Å². The first-order valence-electron chi connectivity index (χ1n) is 7.64. The van der Waals surface area contributed by atoms with Crippen molar-refractivity contribution in [2.45, 2.75) is 51.7 Å². The van der Waals surface area contributed by atoms with Gasteiger partial charge in [-0.1, -0.05) is 13.8 Å². The first-order chi connectivity index (χ1) is 9.84. The van der Waals surface area contributed by atoms with E-state index in [1.54, 1.807) is 7.11 Å². The van der Waals surface area contributed by atoms with Gasteiger partial charge in [-0.2, -0.15) is 0 Å². The van der Waals surface area contributed by atoms with Crippen molar-refractivity contribution in [2.24, 2.45) is 11.3 Å². The number of nitrogens with zero attached hydrogens (tertiary/aromatic N) is 1. The highest BCUT2D eigenvalue weighted by Crippen LogP contribution is 2.42. The number of hydrogen-bond donors (Lipinski definition) is 2. The van der Waals surface area contributed by atoms with E-state index in [9.17, 15) is 9.59 Å². The fourth-order valence-corrected chi connectivity index (χ4v) is 3.35. The lowest BCUT2D eigenvalue weighted by atomic mass is 9.64. The second kappa shape index (κ2) is 6.22. The van der Waals surface area contributed by atoms with E-state index < -0.39 is 5.97 Å². The van der Waals surface area contributed by atoms with E-state index in [0.717, 1.165) is 19.4 Å². The molecule has 2 aliphatic rings. The van der Waals surface area contributed by atoms with Crippen molar-refractivity contribution in [3.63, 3.8) is 0 Å². The van der Waals surface area contributed by atoms with Gasteiger partial charge in [-0.25, -0.2) is 4.79 Å². The monoisotopic (exact) mass is 298 g/mol. The molecule has 6 heteroatoms. The predicted octanol–water partition coefficient (Wildman–Crippen LogP) is 1.70. The maximum Gasteiger partial charge on any atom is 0.317 e. The molecule has 0 spiro atoms. The lowest BCUT2D eigenvalue weighted by Gasteiger charge is -2.51. The van der Waals surface area contributed by atoms with Crippen LogP contribution in [-0.2, 0) is 9.53 Å². The van der Waals surface area contributed by atoms with Gasteiger partial charge in [0.05, 0.1) is 6.10 Å². The maximum absolute atomic E-state index is 12.3. The topological polar surface area (TPSA) is 78.9 Å². The van der Waals surface area contributed by atoms with Crippen LogP contribution in [0.15, 0.2) is 0 Å². The molecule has 21 heavy (non-hydrogen) atoms. The van der Waals surface area contributed by atoms with Gasteiger partial charge >= 0.3 is 12.0 Å². The molecule has 2 fully saturated rings. The zero-order valence-electron chi connectivity index (χ0n) is 13.1. The fourth-order valence-electron chi connectivity index (χ4n) is 3.35. The number of carbonyl (C=O) groups is 2. The Bertz CT molecular complexity index is 410. The van der Waals surface area contributed by atoms with E-state index >= 15 is 0 Å². The number of carbonyl (C=O) groups excluding carboxylic acids is 1. The van der Waals surface area contributed by atoms with Crippen molar-refractivity contribution < 1.29 is 19.4 Å². The molecule has 0 aromatic heterocycles. The maximum atomic E-state index is 12.3. The van der Waals surface area contributed by atoms with Crippen LogP contribution in [0.2, 0.25) is 0 Å². The van der Waals surface area contributed by atoms with Gasteiger partial charge in [-0.15, -0.1) is 0 Å². The minimum absolute atomic E-state index is 0.0274. The van der Waals surface area contributed by atoms with Crippen molar-refractivity contribution in [2.75, 3.05) is 20.2 Å². The minimum atomic E-state index is -0.764. The van der Waals surface area contributed by atoms with Crippen LogP contribution in [0.25, 0.3) is 0 Å². The summed E-state index contributed by atoms with van der Waals surface area (Å²) in [5.41, 5.74) is -0.0349. The first kappa shape index (κ1) is 16.1. The Morgan fingerprint density at radius 3 is 2.71 bits per heavy atom. The quantitative estimate of drug-likeness (QED) is 0.809. The van der Waals surface area contributed by atoms with Gasteiger partial charge in [0.2, 0.25) is 0 Å². The minimum Gasteiger partial charge on any atom is -0.481 e. The molecule has 1 aliphatic heterocycles. The number of ether oxygens (including phenoxy) is 1. The summed E-state index contributed by atoms with van der Waals surface area (Å²) in [6.07, 6.45) is 2.79. The van der Waals surface area contributed by atoms with Crippen molar-refractivity contribution in [1.82, 2.24) is 10.2 Å². The van der Waals surface area contributed by atoms with Crippen molar-refractivity contribution >= 4 is 12.0 Å². The van der Waals surface area contributed by atoms with E-state index in [4.69, 9.17) is 9.84 Å². The van der Waals surface area contributed by atoms with Gasteiger partial charge in [0.25, 0.3) is 0 Å². The number of rotatable bonds is 5. The number of likely N-dealkylation sites (tertiary alicyclic amines) is 1. The lowest BCUT2D eigenvalue weighted by Crippen LogP contribution is -2.63. The largest absolute Gasteiger partial charge is 0.481 e. The molecule has 2 N–H and O–H groups in total. The fraction of sp³-hybridized carbons (Fsp3) is 0.867. The number of carboxylic acids is 1. The molecular weight excluding hydrogens is 272 g/mol. The van der Waals surface area contributed by atoms with E-state index in [2.05, 4.69) is 19.2 Å². The zero-order chi connectivity index (χ0) is 15.6. The summed E-state index contributed by atoms with van der Waals surface area (Å²) in [4.78, 5) is 24.7. The van der Waals surface area contributed by atoms with Crippen molar-refractivity contribution in [3.05, 3.63) is 0 Å². The number of methoxy groups -OCH3 is 1. The number of nitrogens with one attached hydrogen (secondary N) is 1. The second-order valence-electron chi connectivity index (χ2n) is 6.82. The molecule has 0 radical (unpaired) electrons. The van der Waals surface area contributed by atoms with Crippen molar-refractivity contribution in [1.29, 1.82) is 0 Å². The summed E-state index contributed by atoms with van der Waals surface area (Å²) >= 11 is 0. The SMILES string of the molecule is COC1CC(NC(=O)N2CCC(CCC(=O)O)C2)C1(C)C. The van der Waals surface area contributed by atoms with E-state index in [1.807, 2.05) is 4.90 Å². The van der Waals surface area contributed by atoms with E-state index in [0.29, 0.717) is 18.9 Å². The number of aliphatic carboxylic acids is 1. The van der Waals surface area contributed by atoms with Crippen LogP contribution in [0, 0.1) is 11.3 Å². The molecule has 1 heterocycles. The summed E-state index contributed by atoms with van der Waals surface area (Å²) in [6, 6.07) is 0.119. The molecule has 0 aromatic rings. The smallest absolute Gasteiger partial charge is 0.317 e. The molecule has 2 rings (SSSR count). The van der Waals surface area contributed by atoms with Gasteiger partial charge in [0, 0.05) is 38.1 Å². The van der Waals surface area contributed by atoms with Gasteiger partial charge in [0.1, 0.15) is 0 Å². The van der Waals surface area contributed by atoms with Gasteiger partial charge < -0.3 is 20.1 Å². The van der Waals surface area contributed by atoms with Crippen LogP contribution in [-0.4, -0.2) is 54.4 Å². The summed E-state index contributed by atoms with van der Waals surface area (Å²) in [7, 11) is 1.71. The summed E-state index contributed by atoms with van der Waals surface area (Å²) in [5, 5.41) is 11.8. The third-order valence-electron chi connectivity index (χ3n) is 5.10. The molecule has 6 nitrogen and oxygen atoms in total. The molecule has 3 unspecified atom stereocenters. The van der Waals surface area contributed by atoms with Crippen LogP contribution in [0.3, 0.4) is 0 Å². The molecule has 3 atom stereocenters. The third-order valence-corrected chi connectivity index (χ3v) is 5.10. The third kappa shape index (κ3) is 3.48. The summed E-state index contributed by atoms with van der Waals surface area (Å²) in [5.74, 6) is -0.451. The Kier molecular flexibility index (Phi) is 4.76. The molecule has 1 saturated carbocycles. The number of carboxylic acid groups (broad SMARTS) is 1. The Morgan fingerprint density at radius 1 is 1.43 bits per heavy atom.